The van der Waals surface area contributed by atoms with Gasteiger partial charge in [0.05, 0.1) is 12.7 Å². The Labute approximate surface area is 157 Å². The van der Waals surface area contributed by atoms with Gasteiger partial charge in [0.1, 0.15) is 5.76 Å². The molecule has 0 radical (unpaired) electrons. The lowest BCUT2D eigenvalue weighted by atomic mass is 10.2. The molecule has 2 rings (SSSR count). The van der Waals surface area contributed by atoms with Gasteiger partial charge in [-0.25, -0.2) is 9.59 Å². The maximum atomic E-state index is 11.7. The van der Waals surface area contributed by atoms with Crippen LogP contribution in [0.2, 0.25) is 0 Å². The van der Waals surface area contributed by atoms with E-state index in [9.17, 15) is 14.4 Å². The monoisotopic (exact) mass is 455 g/mol. The average molecular weight is 455 g/mol. The number of benzene rings is 1. The molecular formula is C17H14INO6. The quantitative estimate of drug-likeness (QED) is 0.409. The molecule has 1 heterocycles. The summed E-state index contributed by atoms with van der Waals surface area (Å²) in [4.78, 5) is 34.6. The molecule has 8 heteroatoms. The fraction of sp³-hybridized carbons (Fsp3) is 0.118. The van der Waals surface area contributed by atoms with E-state index in [-0.39, 0.29) is 0 Å². The van der Waals surface area contributed by atoms with Crippen LogP contribution >= 0.6 is 22.6 Å². The third-order valence-corrected chi connectivity index (χ3v) is 3.49. The molecular weight excluding hydrogens is 441 g/mol. The van der Waals surface area contributed by atoms with Crippen LogP contribution in [0.3, 0.4) is 0 Å². The lowest BCUT2D eigenvalue weighted by molar-refractivity contribution is -0.142. The molecule has 7 nitrogen and oxygen atoms in total. The molecule has 2 aromatic rings. The summed E-state index contributed by atoms with van der Waals surface area (Å²) in [6, 6.07) is 9.58. The van der Waals surface area contributed by atoms with E-state index < -0.39 is 24.5 Å². The molecule has 0 aliphatic carbocycles. The lowest BCUT2D eigenvalue weighted by Gasteiger charge is -2.06. The summed E-state index contributed by atoms with van der Waals surface area (Å²) >= 11 is 2.01. The molecule has 1 aromatic heterocycles. The molecule has 0 aliphatic rings. The molecule has 0 saturated carbocycles. The van der Waals surface area contributed by atoms with Gasteiger partial charge >= 0.3 is 11.9 Å². The molecule has 0 fully saturated rings. The van der Waals surface area contributed by atoms with Crippen molar-refractivity contribution in [2.45, 2.75) is 0 Å². The summed E-state index contributed by atoms with van der Waals surface area (Å²) in [6.45, 7) is -0.433. The SMILES string of the molecule is COC(=O)c1ccc(NC(=O)COC(=O)C=Cc2ccc(I)o2)cc1. The minimum absolute atomic E-state index is 0.365. The van der Waals surface area contributed by atoms with Gasteiger partial charge in [-0.05, 0) is 65.1 Å². The van der Waals surface area contributed by atoms with Crippen LogP contribution < -0.4 is 5.32 Å². The van der Waals surface area contributed by atoms with Crippen molar-refractivity contribution in [3.05, 3.63) is 57.6 Å². The minimum atomic E-state index is -0.664. The van der Waals surface area contributed by atoms with E-state index >= 15 is 0 Å². The Balaban J connectivity index is 1.79. The van der Waals surface area contributed by atoms with Crippen LogP contribution in [0.25, 0.3) is 6.08 Å². The van der Waals surface area contributed by atoms with Gasteiger partial charge in [-0.15, -0.1) is 0 Å². The van der Waals surface area contributed by atoms with Gasteiger partial charge in [0, 0.05) is 11.8 Å². The van der Waals surface area contributed by atoms with Crippen molar-refractivity contribution in [1.29, 1.82) is 0 Å². The predicted molar refractivity (Wildman–Crippen MR) is 97.8 cm³/mol. The molecule has 130 valence electrons. The van der Waals surface area contributed by atoms with Gasteiger partial charge in [-0.3, -0.25) is 4.79 Å². The number of rotatable bonds is 6. The molecule has 0 unspecified atom stereocenters. The zero-order chi connectivity index (χ0) is 18.2. The predicted octanol–water partition coefficient (Wildman–Crippen LogP) is 2.87. The Hall–Kier alpha value is -2.62. The van der Waals surface area contributed by atoms with Crippen molar-refractivity contribution < 1.29 is 28.3 Å². The second kappa shape index (κ2) is 9.02. The molecule has 0 spiro atoms. The number of hydrogen-bond donors (Lipinski definition) is 1. The summed E-state index contributed by atoms with van der Waals surface area (Å²) in [5, 5.41) is 2.55. The van der Waals surface area contributed by atoms with Crippen LogP contribution in [0.1, 0.15) is 16.1 Å². The lowest BCUT2D eigenvalue weighted by Crippen LogP contribution is -2.20. The number of carbonyl (C=O) groups excluding carboxylic acids is 3. The van der Waals surface area contributed by atoms with E-state index in [0.717, 1.165) is 0 Å². The van der Waals surface area contributed by atoms with Gasteiger partial charge in [0.2, 0.25) is 0 Å². The van der Waals surface area contributed by atoms with Crippen molar-refractivity contribution in [3.8, 4) is 0 Å². The smallest absolute Gasteiger partial charge is 0.337 e. The Bertz CT molecular complexity index is 794. The fourth-order valence-corrected chi connectivity index (χ4v) is 2.19. The van der Waals surface area contributed by atoms with E-state index in [0.29, 0.717) is 20.8 Å². The second-order valence-corrected chi connectivity index (χ2v) is 5.76. The largest absolute Gasteiger partial charge is 0.465 e. The first-order valence-corrected chi connectivity index (χ1v) is 8.14. The standard InChI is InChI=1S/C17H14INO6/c1-23-17(22)11-2-4-12(5-3-11)19-15(20)10-24-16(21)9-7-13-6-8-14(18)25-13/h2-9H,10H2,1H3,(H,19,20). The number of hydrogen-bond acceptors (Lipinski definition) is 6. The van der Waals surface area contributed by atoms with E-state index in [4.69, 9.17) is 9.15 Å². The fourth-order valence-electron chi connectivity index (χ4n) is 1.76. The zero-order valence-corrected chi connectivity index (χ0v) is 15.3. The highest BCUT2D eigenvalue weighted by Crippen LogP contribution is 2.12. The third kappa shape index (κ3) is 6.07. The maximum Gasteiger partial charge on any atom is 0.337 e. The highest BCUT2D eigenvalue weighted by atomic mass is 127. The summed E-state index contributed by atoms with van der Waals surface area (Å²) < 4.78 is 15.4. The second-order valence-electron chi connectivity index (χ2n) is 4.70. The van der Waals surface area contributed by atoms with Crippen LogP contribution in [-0.4, -0.2) is 31.6 Å². The summed E-state index contributed by atoms with van der Waals surface area (Å²) in [5.74, 6) is -1.12. The number of ether oxygens (including phenoxy) is 2. The van der Waals surface area contributed by atoms with Crippen LogP contribution in [0.4, 0.5) is 5.69 Å². The van der Waals surface area contributed by atoms with Crippen LogP contribution in [0.5, 0.6) is 0 Å². The van der Waals surface area contributed by atoms with E-state index in [1.807, 2.05) is 22.6 Å². The van der Waals surface area contributed by atoms with Crippen molar-refractivity contribution in [3.63, 3.8) is 0 Å². The number of esters is 2. The van der Waals surface area contributed by atoms with Crippen molar-refractivity contribution >= 4 is 52.2 Å². The van der Waals surface area contributed by atoms with E-state index in [1.54, 1.807) is 24.3 Å². The number of anilines is 1. The summed E-state index contributed by atoms with van der Waals surface area (Å²) in [5.41, 5.74) is 0.832. The van der Waals surface area contributed by atoms with Crippen molar-refractivity contribution in [1.82, 2.24) is 0 Å². The Morgan fingerprint density at radius 3 is 2.48 bits per heavy atom. The first-order chi connectivity index (χ1) is 12.0. The first-order valence-electron chi connectivity index (χ1n) is 7.06. The van der Waals surface area contributed by atoms with Crippen LogP contribution in [0, 0.1) is 3.77 Å². The molecule has 25 heavy (non-hydrogen) atoms. The number of nitrogens with one attached hydrogen (secondary N) is 1. The molecule has 0 aliphatic heterocycles. The van der Waals surface area contributed by atoms with E-state index in [1.165, 1.54) is 31.4 Å². The molecule has 1 aromatic carbocycles. The number of amides is 1. The molecule has 1 N–H and O–H groups in total. The average Bonchev–Trinajstić information content (AvgIpc) is 3.03. The first kappa shape index (κ1) is 18.7. The number of carbonyl (C=O) groups is 3. The summed E-state index contributed by atoms with van der Waals surface area (Å²) in [6.07, 6.45) is 2.63. The Morgan fingerprint density at radius 2 is 1.88 bits per heavy atom. The topological polar surface area (TPSA) is 94.8 Å². The van der Waals surface area contributed by atoms with Gasteiger partial charge in [0.25, 0.3) is 5.91 Å². The zero-order valence-electron chi connectivity index (χ0n) is 13.2. The summed E-state index contributed by atoms with van der Waals surface area (Å²) in [7, 11) is 1.29. The highest BCUT2D eigenvalue weighted by molar-refractivity contribution is 14.1. The van der Waals surface area contributed by atoms with Gasteiger partial charge in [-0.1, -0.05) is 0 Å². The van der Waals surface area contributed by atoms with Crippen LogP contribution in [0.15, 0.2) is 46.9 Å². The maximum absolute atomic E-state index is 11.7. The van der Waals surface area contributed by atoms with Gasteiger partial charge in [0.15, 0.2) is 10.4 Å². The number of furan rings is 1. The van der Waals surface area contributed by atoms with E-state index in [2.05, 4.69) is 10.1 Å². The number of halogens is 1. The molecule has 0 atom stereocenters. The van der Waals surface area contributed by atoms with Gasteiger partial charge in [-0.2, -0.15) is 0 Å². The number of methoxy groups -OCH3 is 1. The van der Waals surface area contributed by atoms with Crippen LogP contribution in [-0.2, 0) is 19.1 Å². The molecule has 1 amide bonds. The highest BCUT2D eigenvalue weighted by Gasteiger charge is 2.08. The molecule has 0 bridgehead atoms. The Kier molecular flexibility index (Phi) is 6.75. The minimum Gasteiger partial charge on any atom is -0.465 e. The Morgan fingerprint density at radius 1 is 1.16 bits per heavy atom. The molecule has 0 saturated heterocycles. The van der Waals surface area contributed by atoms with Gasteiger partial charge < -0.3 is 19.2 Å². The normalized spacial score (nSPS) is 10.5. The van der Waals surface area contributed by atoms with Crippen molar-refractivity contribution in [2.24, 2.45) is 0 Å². The van der Waals surface area contributed by atoms with Crippen molar-refractivity contribution in [2.75, 3.05) is 19.0 Å². The third-order valence-electron chi connectivity index (χ3n) is 2.91.